The second kappa shape index (κ2) is 10.6. The molecule has 2 N–H and O–H groups in total. The van der Waals surface area contributed by atoms with Crippen molar-refractivity contribution in [2.45, 2.75) is 56.1 Å². The Balaban J connectivity index is 2.06. The molecular formula is C25H27ClF2N2O4S. The van der Waals surface area contributed by atoms with E-state index in [1.807, 2.05) is 6.92 Å². The van der Waals surface area contributed by atoms with E-state index in [0.29, 0.717) is 35.5 Å². The van der Waals surface area contributed by atoms with Crippen LogP contribution in [0.5, 0.6) is 0 Å². The van der Waals surface area contributed by atoms with E-state index in [9.17, 15) is 24.2 Å². The third kappa shape index (κ3) is 5.79. The summed E-state index contributed by atoms with van der Waals surface area (Å²) in [5, 5.41) is 19.6. The minimum absolute atomic E-state index is 0.0640. The molecule has 0 aliphatic heterocycles. The Hall–Kier alpha value is -2.62. The minimum Gasteiger partial charge on any atom is -0.478 e. The number of carboxylic acids is 1. The first-order valence-corrected chi connectivity index (χ1v) is 12.2. The van der Waals surface area contributed by atoms with Gasteiger partial charge in [0.25, 0.3) is 0 Å². The maximum absolute atomic E-state index is 15.2. The fourth-order valence-corrected chi connectivity index (χ4v) is 5.02. The van der Waals surface area contributed by atoms with Crippen LogP contribution >= 0.6 is 23.4 Å². The van der Waals surface area contributed by atoms with Gasteiger partial charge >= 0.3 is 5.97 Å². The van der Waals surface area contributed by atoms with Crippen molar-refractivity contribution in [3.8, 4) is 0 Å². The lowest BCUT2D eigenvalue weighted by atomic mass is 10.1. The van der Waals surface area contributed by atoms with Gasteiger partial charge in [-0.05, 0) is 58.4 Å². The SMILES string of the molecule is CCN(CCC(C)(C)O)C(=O)Cn1c(C)c(Sc2cccc(C(=O)O)c2F)c2ccc(Cl)c(F)c21. The second-order valence-electron chi connectivity index (χ2n) is 8.82. The number of aromatic nitrogens is 1. The molecule has 188 valence electrons. The summed E-state index contributed by atoms with van der Waals surface area (Å²) < 4.78 is 31.6. The van der Waals surface area contributed by atoms with Crippen LogP contribution in [0.25, 0.3) is 10.9 Å². The van der Waals surface area contributed by atoms with Crippen LogP contribution in [-0.2, 0) is 11.3 Å². The number of carbonyl (C=O) groups is 2. The Kier molecular flexibility index (Phi) is 8.14. The van der Waals surface area contributed by atoms with E-state index >= 15 is 4.39 Å². The molecule has 10 heteroatoms. The Morgan fingerprint density at radius 1 is 1.17 bits per heavy atom. The standard InChI is InChI=1S/C25H27ClF2N2O4S/c1-5-29(12-11-25(3,4)34)19(31)13-30-14(2)23(16-9-10-17(26)21(28)22(16)30)35-18-8-6-7-15(20(18)27)24(32)33/h6-10,34H,5,11-13H2,1-4H3,(H,32,33). The third-order valence-corrected chi connectivity index (χ3v) is 7.29. The van der Waals surface area contributed by atoms with Crippen molar-refractivity contribution < 1.29 is 28.6 Å². The van der Waals surface area contributed by atoms with Crippen LogP contribution < -0.4 is 0 Å². The molecule has 6 nitrogen and oxygen atoms in total. The van der Waals surface area contributed by atoms with Crippen LogP contribution in [0.15, 0.2) is 40.1 Å². The topological polar surface area (TPSA) is 82.8 Å². The molecule has 1 heterocycles. The number of carbonyl (C=O) groups excluding carboxylic acids is 1. The van der Waals surface area contributed by atoms with Gasteiger partial charge in [-0.15, -0.1) is 0 Å². The molecule has 0 aliphatic rings. The maximum atomic E-state index is 15.2. The van der Waals surface area contributed by atoms with Gasteiger partial charge in [0.1, 0.15) is 6.54 Å². The molecule has 3 aromatic rings. The third-order valence-electron chi connectivity index (χ3n) is 5.74. The first kappa shape index (κ1) is 27.0. The lowest BCUT2D eigenvalue weighted by Crippen LogP contribution is -2.37. The zero-order chi connectivity index (χ0) is 26.1. The highest BCUT2D eigenvalue weighted by Gasteiger charge is 2.25. The average Bonchev–Trinajstić information content (AvgIpc) is 3.03. The molecule has 0 saturated heterocycles. The van der Waals surface area contributed by atoms with Crippen molar-refractivity contribution in [3.05, 3.63) is 58.2 Å². The van der Waals surface area contributed by atoms with Crippen molar-refractivity contribution in [2.75, 3.05) is 13.1 Å². The van der Waals surface area contributed by atoms with E-state index in [-0.39, 0.29) is 27.9 Å². The molecule has 0 unspecified atom stereocenters. The predicted molar refractivity (Wildman–Crippen MR) is 132 cm³/mol. The molecule has 2 aromatic carbocycles. The monoisotopic (exact) mass is 524 g/mol. The van der Waals surface area contributed by atoms with Gasteiger partial charge in [-0.2, -0.15) is 0 Å². The maximum Gasteiger partial charge on any atom is 0.338 e. The number of halogens is 3. The van der Waals surface area contributed by atoms with Crippen LogP contribution in [0.1, 0.15) is 43.2 Å². The number of carboxylic acid groups (broad SMARTS) is 1. The lowest BCUT2D eigenvalue weighted by molar-refractivity contribution is -0.132. The molecule has 1 aromatic heterocycles. The fraction of sp³-hybridized carbons (Fsp3) is 0.360. The summed E-state index contributed by atoms with van der Waals surface area (Å²) in [5.41, 5.74) is -0.787. The highest BCUT2D eigenvalue weighted by molar-refractivity contribution is 7.99. The van der Waals surface area contributed by atoms with E-state index in [4.69, 9.17) is 11.6 Å². The van der Waals surface area contributed by atoms with E-state index in [2.05, 4.69) is 0 Å². The van der Waals surface area contributed by atoms with Gasteiger partial charge in [0, 0.05) is 34.0 Å². The van der Waals surface area contributed by atoms with Gasteiger partial charge in [-0.1, -0.05) is 29.4 Å². The predicted octanol–water partition coefficient (Wildman–Crippen LogP) is 5.74. The largest absolute Gasteiger partial charge is 0.478 e. The van der Waals surface area contributed by atoms with Crippen molar-refractivity contribution in [1.29, 1.82) is 0 Å². The molecule has 0 radical (unpaired) electrons. The molecule has 0 bridgehead atoms. The average molecular weight is 525 g/mol. The number of hydrogen-bond donors (Lipinski definition) is 2. The molecule has 0 fully saturated rings. The van der Waals surface area contributed by atoms with Gasteiger partial charge in [-0.3, -0.25) is 4.79 Å². The van der Waals surface area contributed by atoms with E-state index < -0.39 is 28.8 Å². The summed E-state index contributed by atoms with van der Waals surface area (Å²) in [5.74, 6) is -3.25. The molecule has 0 atom stereocenters. The van der Waals surface area contributed by atoms with Gasteiger partial charge in [0.2, 0.25) is 5.91 Å². The summed E-state index contributed by atoms with van der Waals surface area (Å²) in [4.78, 5) is 26.6. The van der Waals surface area contributed by atoms with E-state index in [0.717, 1.165) is 11.8 Å². The number of amides is 1. The van der Waals surface area contributed by atoms with Crippen LogP contribution in [0.2, 0.25) is 5.02 Å². The number of aliphatic hydroxyl groups is 1. The smallest absolute Gasteiger partial charge is 0.338 e. The second-order valence-corrected chi connectivity index (χ2v) is 10.3. The summed E-state index contributed by atoms with van der Waals surface area (Å²) in [6, 6.07) is 7.04. The normalized spacial score (nSPS) is 11.8. The quantitative estimate of drug-likeness (QED) is 0.373. The summed E-state index contributed by atoms with van der Waals surface area (Å²) in [6.07, 6.45) is 0.373. The zero-order valence-corrected chi connectivity index (χ0v) is 21.4. The lowest BCUT2D eigenvalue weighted by Gasteiger charge is -2.26. The zero-order valence-electron chi connectivity index (χ0n) is 19.9. The number of likely N-dealkylation sites (N-methyl/N-ethyl adjacent to an activating group) is 1. The van der Waals surface area contributed by atoms with E-state index in [1.54, 1.807) is 31.7 Å². The van der Waals surface area contributed by atoms with Crippen LogP contribution in [0, 0.1) is 18.6 Å². The van der Waals surface area contributed by atoms with Crippen LogP contribution in [0.4, 0.5) is 8.78 Å². The number of nitrogens with zero attached hydrogens (tertiary/aromatic N) is 2. The van der Waals surface area contributed by atoms with E-state index in [1.165, 1.54) is 28.8 Å². The summed E-state index contributed by atoms with van der Waals surface area (Å²) in [7, 11) is 0. The van der Waals surface area contributed by atoms with Gasteiger partial charge in [0.15, 0.2) is 11.6 Å². The number of benzene rings is 2. The van der Waals surface area contributed by atoms with Crippen molar-refractivity contribution in [1.82, 2.24) is 9.47 Å². The van der Waals surface area contributed by atoms with Gasteiger partial charge < -0.3 is 19.7 Å². The highest BCUT2D eigenvalue weighted by atomic mass is 35.5. The van der Waals surface area contributed by atoms with Crippen molar-refractivity contribution in [3.63, 3.8) is 0 Å². The Morgan fingerprint density at radius 2 is 1.86 bits per heavy atom. The summed E-state index contributed by atoms with van der Waals surface area (Å²) >= 11 is 7.01. The number of hydrogen-bond acceptors (Lipinski definition) is 4. The molecular weight excluding hydrogens is 498 g/mol. The fourth-order valence-electron chi connectivity index (χ4n) is 3.77. The highest BCUT2D eigenvalue weighted by Crippen LogP contribution is 2.41. The Labute approximate surface area is 211 Å². The Morgan fingerprint density at radius 3 is 2.46 bits per heavy atom. The molecule has 0 spiro atoms. The van der Waals surface area contributed by atoms with Crippen molar-refractivity contribution in [2.24, 2.45) is 0 Å². The van der Waals surface area contributed by atoms with Crippen molar-refractivity contribution >= 4 is 46.1 Å². The molecule has 0 saturated carbocycles. The molecule has 0 aliphatic carbocycles. The summed E-state index contributed by atoms with van der Waals surface area (Å²) in [6.45, 7) is 7.38. The minimum atomic E-state index is -1.39. The Bertz CT molecular complexity index is 1290. The number of rotatable bonds is 9. The van der Waals surface area contributed by atoms with Gasteiger partial charge in [-0.25, -0.2) is 13.6 Å². The van der Waals surface area contributed by atoms with Crippen LogP contribution in [-0.4, -0.2) is 50.2 Å². The number of fused-ring (bicyclic) bond motifs is 1. The van der Waals surface area contributed by atoms with Gasteiger partial charge in [0.05, 0.1) is 21.7 Å². The first-order valence-electron chi connectivity index (χ1n) is 11.0. The first-order chi connectivity index (χ1) is 16.4. The number of aromatic carboxylic acids is 1. The molecule has 3 rings (SSSR count). The van der Waals surface area contributed by atoms with Crippen LogP contribution in [0.3, 0.4) is 0 Å². The molecule has 1 amide bonds. The molecule has 35 heavy (non-hydrogen) atoms.